The molecule has 0 aromatic heterocycles. The number of aliphatic imine (C=N–C) groups is 1. The van der Waals surface area contributed by atoms with Crippen molar-refractivity contribution in [3.05, 3.63) is 42.5 Å². The first-order chi connectivity index (χ1) is 8.16. The Morgan fingerprint density at radius 2 is 1.76 bits per heavy atom. The molecule has 0 aliphatic heterocycles. The van der Waals surface area contributed by atoms with Crippen molar-refractivity contribution < 1.29 is 4.79 Å². The van der Waals surface area contributed by atoms with Crippen molar-refractivity contribution in [3.63, 3.8) is 0 Å². The van der Waals surface area contributed by atoms with Gasteiger partial charge in [0, 0.05) is 5.39 Å². The first-order valence-corrected chi connectivity index (χ1v) is 5.26. The number of carbonyl (C=O) groups excluding carboxylic acids is 1. The molecule has 86 valence electrons. The number of fused-ring (bicyclic) bond motifs is 1. The van der Waals surface area contributed by atoms with Crippen LogP contribution in [0.4, 0.5) is 5.69 Å². The lowest BCUT2D eigenvalue weighted by molar-refractivity contribution is -0.116. The van der Waals surface area contributed by atoms with Gasteiger partial charge < -0.3 is 11.5 Å². The third-order valence-corrected chi connectivity index (χ3v) is 2.39. The first kappa shape index (κ1) is 11.1. The van der Waals surface area contributed by atoms with E-state index in [1.165, 1.54) is 0 Å². The Labute approximate surface area is 98.9 Å². The minimum absolute atomic E-state index is 0.0246. The van der Waals surface area contributed by atoms with Gasteiger partial charge in [0.15, 0.2) is 0 Å². The van der Waals surface area contributed by atoms with Gasteiger partial charge in [-0.25, -0.2) is 4.99 Å². The summed E-state index contributed by atoms with van der Waals surface area (Å²) in [4.78, 5) is 14.9. The van der Waals surface area contributed by atoms with Gasteiger partial charge >= 0.3 is 0 Å². The van der Waals surface area contributed by atoms with Crippen molar-refractivity contribution in [2.75, 3.05) is 0 Å². The molecular weight excluding hydrogens is 214 g/mol. The van der Waals surface area contributed by atoms with Crippen LogP contribution in [0.5, 0.6) is 0 Å². The predicted octanol–water partition coefficient (Wildman–Crippen LogP) is 1.70. The van der Waals surface area contributed by atoms with Gasteiger partial charge in [0.05, 0.1) is 12.1 Å². The smallest absolute Gasteiger partial charge is 0.224 e. The zero-order valence-corrected chi connectivity index (χ0v) is 9.26. The lowest BCUT2D eigenvalue weighted by Gasteiger charge is -2.03. The normalized spacial score (nSPS) is 11.6. The molecule has 4 nitrogen and oxygen atoms in total. The average molecular weight is 227 g/mol. The Hall–Kier alpha value is -2.36. The quantitative estimate of drug-likeness (QED) is 0.618. The monoisotopic (exact) mass is 227 g/mol. The molecule has 4 heteroatoms. The first-order valence-electron chi connectivity index (χ1n) is 5.26. The summed E-state index contributed by atoms with van der Waals surface area (Å²) in [6.07, 6.45) is -0.0246. The zero-order valence-electron chi connectivity index (χ0n) is 9.26. The molecule has 2 aromatic rings. The molecule has 2 rings (SSSR count). The number of nitrogens with two attached hydrogens (primary N) is 2. The van der Waals surface area contributed by atoms with Gasteiger partial charge in [-0.2, -0.15) is 0 Å². The SMILES string of the molecule is NC(=O)CC(N)=Nc1cccc2ccccc12. The fourth-order valence-electron chi connectivity index (χ4n) is 1.68. The van der Waals surface area contributed by atoms with Crippen molar-refractivity contribution in [2.45, 2.75) is 6.42 Å². The molecule has 0 aliphatic carbocycles. The fourth-order valence-corrected chi connectivity index (χ4v) is 1.68. The summed E-state index contributed by atoms with van der Waals surface area (Å²) >= 11 is 0. The molecule has 0 fully saturated rings. The molecule has 1 amide bonds. The molecule has 0 spiro atoms. The van der Waals surface area contributed by atoms with Crippen LogP contribution in [-0.2, 0) is 4.79 Å². The molecule has 2 aromatic carbocycles. The molecule has 0 saturated carbocycles. The summed E-state index contributed by atoms with van der Waals surface area (Å²) in [5.74, 6) is -0.250. The number of nitrogens with zero attached hydrogens (tertiary/aromatic N) is 1. The van der Waals surface area contributed by atoms with Crippen molar-refractivity contribution in [2.24, 2.45) is 16.5 Å². The number of rotatable bonds is 3. The fraction of sp³-hybridized carbons (Fsp3) is 0.0769. The summed E-state index contributed by atoms with van der Waals surface area (Å²) in [5, 5.41) is 2.09. The van der Waals surface area contributed by atoms with Crippen LogP contribution in [0.25, 0.3) is 10.8 Å². The zero-order chi connectivity index (χ0) is 12.3. The second-order valence-corrected chi connectivity index (χ2v) is 3.74. The number of amides is 1. The summed E-state index contributed by atoms with van der Waals surface area (Å²) in [7, 11) is 0. The van der Waals surface area contributed by atoms with Gasteiger partial charge in [0.25, 0.3) is 0 Å². The largest absolute Gasteiger partial charge is 0.387 e. The Morgan fingerprint density at radius 3 is 2.53 bits per heavy atom. The van der Waals surface area contributed by atoms with Crippen LogP contribution in [0.15, 0.2) is 47.5 Å². The molecule has 4 N–H and O–H groups in total. The highest BCUT2D eigenvalue weighted by Crippen LogP contribution is 2.25. The van der Waals surface area contributed by atoms with E-state index in [0.717, 1.165) is 16.5 Å². The topological polar surface area (TPSA) is 81.5 Å². The maximum absolute atomic E-state index is 10.7. The van der Waals surface area contributed by atoms with Crippen LogP contribution in [-0.4, -0.2) is 11.7 Å². The Kier molecular flexibility index (Phi) is 3.05. The van der Waals surface area contributed by atoms with Gasteiger partial charge in [-0.05, 0) is 11.5 Å². The standard InChI is InChI=1S/C13H13N3O/c14-12(8-13(15)17)16-11-7-3-5-9-4-1-2-6-10(9)11/h1-7H,8H2,(H2,14,16)(H2,15,17). The minimum Gasteiger partial charge on any atom is -0.387 e. The molecule has 17 heavy (non-hydrogen) atoms. The van der Waals surface area contributed by atoms with Crippen LogP contribution in [0.3, 0.4) is 0 Å². The Morgan fingerprint density at radius 1 is 1.06 bits per heavy atom. The van der Waals surface area contributed by atoms with Gasteiger partial charge in [0.2, 0.25) is 5.91 Å². The van der Waals surface area contributed by atoms with E-state index in [9.17, 15) is 4.79 Å². The molecular formula is C13H13N3O. The third-order valence-electron chi connectivity index (χ3n) is 2.39. The average Bonchev–Trinajstić information content (AvgIpc) is 2.28. The maximum Gasteiger partial charge on any atom is 0.224 e. The molecule has 0 radical (unpaired) electrons. The van der Waals surface area contributed by atoms with E-state index in [0.29, 0.717) is 0 Å². The summed E-state index contributed by atoms with van der Waals surface area (Å²) in [5.41, 5.74) is 11.5. The summed E-state index contributed by atoms with van der Waals surface area (Å²) in [6, 6.07) is 13.6. The lowest BCUT2D eigenvalue weighted by atomic mass is 10.1. The number of hydrogen-bond donors (Lipinski definition) is 2. The minimum atomic E-state index is -0.480. The number of carbonyl (C=O) groups is 1. The number of benzene rings is 2. The van der Waals surface area contributed by atoms with Gasteiger partial charge in [-0.1, -0.05) is 36.4 Å². The van der Waals surface area contributed by atoms with E-state index in [1.807, 2.05) is 42.5 Å². The maximum atomic E-state index is 10.7. The van der Waals surface area contributed by atoms with Crippen molar-refractivity contribution in [1.82, 2.24) is 0 Å². The number of hydrogen-bond acceptors (Lipinski definition) is 2. The van der Waals surface area contributed by atoms with Crippen molar-refractivity contribution in [3.8, 4) is 0 Å². The van der Waals surface area contributed by atoms with E-state index < -0.39 is 5.91 Å². The Bertz CT molecular complexity index is 585. The van der Waals surface area contributed by atoms with Crippen LogP contribution < -0.4 is 11.5 Å². The molecule has 0 saturated heterocycles. The third kappa shape index (κ3) is 2.60. The molecule has 0 aliphatic rings. The number of primary amides is 1. The highest BCUT2D eigenvalue weighted by atomic mass is 16.1. The van der Waals surface area contributed by atoms with E-state index in [1.54, 1.807) is 0 Å². The van der Waals surface area contributed by atoms with Gasteiger partial charge in [-0.3, -0.25) is 4.79 Å². The van der Waals surface area contributed by atoms with Crippen LogP contribution in [0, 0.1) is 0 Å². The van der Waals surface area contributed by atoms with Crippen LogP contribution in [0.2, 0.25) is 0 Å². The van der Waals surface area contributed by atoms with E-state index in [4.69, 9.17) is 11.5 Å². The second-order valence-electron chi connectivity index (χ2n) is 3.74. The molecule has 0 bridgehead atoms. The van der Waals surface area contributed by atoms with E-state index in [2.05, 4.69) is 4.99 Å². The van der Waals surface area contributed by atoms with Crippen LogP contribution in [0.1, 0.15) is 6.42 Å². The summed E-state index contributed by atoms with van der Waals surface area (Å²) < 4.78 is 0. The Balaban J connectivity index is 2.45. The van der Waals surface area contributed by atoms with Crippen molar-refractivity contribution >= 4 is 28.2 Å². The number of amidine groups is 1. The molecule has 0 atom stereocenters. The second kappa shape index (κ2) is 4.65. The lowest BCUT2D eigenvalue weighted by Crippen LogP contribution is -2.21. The van der Waals surface area contributed by atoms with Gasteiger partial charge in [-0.15, -0.1) is 0 Å². The van der Waals surface area contributed by atoms with E-state index >= 15 is 0 Å². The van der Waals surface area contributed by atoms with Crippen LogP contribution >= 0.6 is 0 Å². The summed E-state index contributed by atoms with van der Waals surface area (Å²) in [6.45, 7) is 0. The predicted molar refractivity (Wildman–Crippen MR) is 69.0 cm³/mol. The highest BCUT2D eigenvalue weighted by molar-refractivity contribution is 6.01. The molecule has 0 unspecified atom stereocenters. The molecule has 0 heterocycles. The van der Waals surface area contributed by atoms with E-state index in [-0.39, 0.29) is 12.3 Å². The van der Waals surface area contributed by atoms with Crippen molar-refractivity contribution in [1.29, 1.82) is 0 Å². The highest BCUT2D eigenvalue weighted by Gasteiger charge is 2.02. The van der Waals surface area contributed by atoms with Gasteiger partial charge in [0.1, 0.15) is 5.84 Å².